The molecule has 1 fully saturated rings. The van der Waals surface area contributed by atoms with E-state index >= 15 is 0 Å². The van der Waals surface area contributed by atoms with Crippen molar-refractivity contribution in [3.63, 3.8) is 0 Å². The zero-order valence-corrected chi connectivity index (χ0v) is 18.1. The summed E-state index contributed by atoms with van der Waals surface area (Å²) in [5, 5.41) is 3.51. The summed E-state index contributed by atoms with van der Waals surface area (Å²) >= 11 is 5.88. The average molecular weight is 431 g/mol. The number of carbonyl (C=O) groups excluding carboxylic acids is 2. The van der Waals surface area contributed by atoms with Crippen LogP contribution in [0.1, 0.15) is 24.0 Å². The molecule has 2 aromatic carbocycles. The van der Waals surface area contributed by atoms with Crippen LogP contribution >= 0.6 is 11.6 Å². The van der Waals surface area contributed by atoms with Gasteiger partial charge in [-0.05, 0) is 68.1 Å². The number of hydrogen-bond acceptors (Lipinski definition) is 4. The van der Waals surface area contributed by atoms with Gasteiger partial charge in [0, 0.05) is 23.9 Å². The molecule has 0 aliphatic carbocycles. The van der Waals surface area contributed by atoms with Gasteiger partial charge in [-0.15, -0.1) is 0 Å². The number of carbonyl (C=O) groups is 2. The minimum atomic E-state index is -0.267. The Morgan fingerprint density at radius 1 is 1.20 bits per heavy atom. The number of anilines is 1. The fraction of sp³-hybridized carbons (Fsp3) is 0.391. The van der Waals surface area contributed by atoms with Gasteiger partial charge in [0.1, 0.15) is 12.3 Å². The number of rotatable bonds is 8. The van der Waals surface area contributed by atoms with E-state index in [2.05, 4.69) is 5.32 Å². The van der Waals surface area contributed by atoms with Crippen LogP contribution in [0.25, 0.3) is 0 Å². The molecule has 6 nitrogen and oxygen atoms in total. The first-order chi connectivity index (χ1) is 14.4. The van der Waals surface area contributed by atoms with Gasteiger partial charge in [-0.3, -0.25) is 9.59 Å². The lowest BCUT2D eigenvalue weighted by molar-refractivity contribution is -0.138. The molecule has 0 bridgehead atoms. The molecule has 160 valence electrons. The van der Waals surface area contributed by atoms with Crippen LogP contribution < -0.4 is 10.1 Å². The van der Waals surface area contributed by atoms with E-state index in [1.54, 1.807) is 24.3 Å². The van der Waals surface area contributed by atoms with Crippen LogP contribution in [-0.4, -0.2) is 49.1 Å². The molecule has 1 N–H and O–H groups in total. The van der Waals surface area contributed by atoms with Crippen molar-refractivity contribution in [1.82, 2.24) is 4.90 Å². The molecular formula is C23H27ClN2O4. The molecule has 0 aromatic heterocycles. The third-order valence-electron chi connectivity index (χ3n) is 5.19. The minimum Gasteiger partial charge on any atom is -0.484 e. The Morgan fingerprint density at radius 2 is 1.97 bits per heavy atom. The van der Waals surface area contributed by atoms with Crippen LogP contribution in [0.3, 0.4) is 0 Å². The van der Waals surface area contributed by atoms with Crippen LogP contribution in [0, 0.1) is 13.8 Å². The normalized spacial score (nSPS) is 15.6. The van der Waals surface area contributed by atoms with E-state index in [9.17, 15) is 9.59 Å². The van der Waals surface area contributed by atoms with E-state index in [0.29, 0.717) is 23.9 Å². The summed E-state index contributed by atoms with van der Waals surface area (Å²) in [6, 6.07) is 12.5. The molecule has 1 aliphatic heterocycles. The van der Waals surface area contributed by atoms with Crippen molar-refractivity contribution < 1.29 is 19.1 Å². The lowest BCUT2D eigenvalue weighted by atomic mass is 10.1. The average Bonchev–Trinajstić information content (AvgIpc) is 3.23. The molecule has 1 heterocycles. The second-order valence-corrected chi connectivity index (χ2v) is 7.88. The molecular weight excluding hydrogens is 404 g/mol. The van der Waals surface area contributed by atoms with Crippen molar-refractivity contribution in [1.29, 1.82) is 0 Å². The largest absolute Gasteiger partial charge is 0.484 e. The highest BCUT2D eigenvalue weighted by atomic mass is 35.5. The molecule has 3 rings (SSSR count). The standard InChI is InChI=1S/C23H27ClN2O4/c1-16-5-3-7-21(17(16)2)25-22(27)14-26(13-20-6-4-12-29-20)23(28)15-30-19-10-8-18(24)9-11-19/h3,5,7-11,20H,4,6,12-15H2,1-2H3,(H,25,27)/t20-/m1/s1. The fourth-order valence-electron chi connectivity index (χ4n) is 3.31. The summed E-state index contributed by atoms with van der Waals surface area (Å²) in [4.78, 5) is 27.0. The number of benzene rings is 2. The lowest BCUT2D eigenvalue weighted by Crippen LogP contribution is -2.44. The summed E-state index contributed by atoms with van der Waals surface area (Å²) in [7, 11) is 0. The van der Waals surface area contributed by atoms with Crippen molar-refractivity contribution in [3.8, 4) is 5.75 Å². The molecule has 1 saturated heterocycles. The number of aryl methyl sites for hydroxylation is 1. The monoisotopic (exact) mass is 430 g/mol. The Kier molecular flexibility index (Phi) is 7.71. The number of ether oxygens (including phenoxy) is 2. The van der Waals surface area contributed by atoms with Crippen LogP contribution in [0.4, 0.5) is 5.69 Å². The lowest BCUT2D eigenvalue weighted by Gasteiger charge is -2.25. The van der Waals surface area contributed by atoms with Crippen molar-refractivity contribution >= 4 is 29.1 Å². The quantitative estimate of drug-likeness (QED) is 0.687. The Morgan fingerprint density at radius 3 is 2.67 bits per heavy atom. The first-order valence-electron chi connectivity index (χ1n) is 10.1. The second-order valence-electron chi connectivity index (χ2n) is 7.45. The first-order valence-corrected chi connectivity index (χ1v) is 10.4. The highest BCUT2D eigenvalue weighted by Gasteiger charge is 2.25. The Balaban J connectivity index is 1.63. The van der Waals surface area contributed by atoms with Gasteiger partial charge >= 0.3 is 0 Å². The van der Waals surface area contributed by atoms with Crippen LogP contribution in [0.2, 0.25) is 5.02 Å². The highest BCUT2D eigenvalue weighted by molar-refractivity contribution is 6.30. The molecule has 2 aromatic rings. The topological polar surface area (TPSA) is 67.9 Å². The van der Waals surface area contributed by atoms with E-state index in [-0.39, 0.29) is 31.1 Å². The van der Waals surface area contributed by atoms with Crippen LogP contribution in [-0.2, 0) is 14.3 Å². The molecule has 7 heteroatoms. The molecule has 1 aliphatic rings. The Labute approximate surface area is 182 Å². The Hall–Kier alpha value is -2.57. The molecule has 0 saturated carbocycles. The maximum absolute atomic E-state index is 12.8. The first kappa shape index (κ1) is 22.1. The number of amides is 2. The van der Waals surface area contributed by atoms with E-state index in [1.807, 2.05) is 32.0 Å². The summed E-state index contributed by atoms with van der Waals surface area (Å²) < 4.78 is 11.2. The van der Waals surface area contributed by atoms with Crippen LogP contribution in [0.15, 0.2) is 42.5 Å². The van der Waals surface area contributed by atoms with Crippen molar-refractivity contribution in [3.05, 3.63) is 58.6 Å². The fourth-order valence-corrected chi connectivity index (χ4v) is 3.43. The molecule has 0 spiro atoms. The van der Waals surface area contributed by atoms with Gasteiger partial charge in [-0.25, -0.2) is 0 Å². The van der Waals surface area contributed by atoms with Gasteiger partial charge in [0.2, 0.25) is 5.91 Å². The summed E-state index contributed by atoms with van der Waals surface area (Å²) in [6.45, 7) is 4.78. The SMILES string of the molecule is Cc1cccc(NC(=O)CN(C[C@H]2CCCO2)C(=O)COc2ccc(Cl)cc2)c1C. The van der Waals surface area contributed by atoms with E-state index in [0.717, 1.165) is 29.7 Å². The zero-order valence-electron chi connectivity index (χ0n) is 17.3. The van der Waals surface area contributed by atoms with Crippen molar-refractivity contribution in [2.24, 2.45) is 0 Å². The number of nitrogens with zero attached hydrogens (tertiary/aromatic N) is 1. The van der Waals surface area contributed by atoms with Gasteiger partial charge < -0.3 is 19.7 Å². The highest BCUT2D eigenvalue weighted by Crippen LogP contribution is 2.19. The van der Waals surface area contributed by atoms with E-state index in [1.165, 1.54) is 4.90 Å². The minimum absolute atomic E-state index is 0.0574. The maximum atomic E-state index is 12.8. The van der Waals surface area contributed by atoms with Crippen molar-refractivity contribution in [2.75, 3.05) is 31.6 Å². The molecule has 0 unspecified atom stereocenters. The molecule has 0 radical (unpaired) electrons. The predicted octanol–water partition coefficient (Wildman–Crippen LogP) is 3.98. The summed E-state index contributed by atoms with van der Waals surface area (Å²) in [6.07, 6.45) is 1.78. The number of hydrogen-bond donors (Lipinski definition) is 1. The number of halogens is 1. The van der Waals surface area contributed by atoms with Gasteiger partial charge in [0.25, 0.3) is 5.91 Å². The molecule has 1 atom stereocenters. The van der Waals surface area contributed by atoms with E-state index < -0.39 is 0 Å². The number of nitrogens with one attached hydrogen (secondary N) is 1. The zero-order chi connectivity index (χ0) is 21.5. The molecule has 2 amide bonds. The van der Waals surface area contributed by atoms with Gasteiger partial charge in [-0.2, -0.15) is 0 Å². The van der Waals surface area contributed by atoms with Crippen molar-refractivity contribution in [2.45, 2.75) is 32.8 Å². The Bertz CT molecular complexity index is 879. The van der Waals surface area contributed by atoms with Crippen LogP contribution in [0.5, 0.6) is 5.75 Å². The second kappa shape index (κ2) is 10.5. The maximum Gasteiger partial charge on any atom is 0.261 e. The third kappa shape index (κ3) is 6.21. The van der Waals surface area contributed by atoms with E-state index in [4.69, 9.17) is 21.1 Å². The summed E-state index contributed by atoms with van der Waals surface area (Å²) in [5.74, 6) is 0.0303. The predicted molar refractivity (Wildman–Crippen MR) is 117 cm³/mol. The van der Waals surface area contributed by atoms with Gasteiger partial charge in [-0.1, -0.05) is 23.7 Å². The molecule has 30 heavy (non-hydrogen) atoms. The van der Waals surface area contributed by atoms with Gasteiger partial charge in [0.05, 0.1) is 6.10 Å². The van der Waals surface area contributed by atoms with Gasteiger partial charge in [0.15, 0.2) is 6.61 Å². The summed E-state index contributed by atoms with van der Waals surface area (Å²) in [5.41, 5.74) is 2.85. The third-order valence-corrected chi connectivity index (χ3v) is 5.44. The smallest absolute Gasteiger partial charge is 0.261 e.